The molecule has 7 nitrogen and oxygen atoms in total. The van der Waals surface area contributed by atoms with E-state index in [0.29, 0.717) is 38.1 Å². The highest BCUT2D eigenvalue weighted by atomic mass is 16.7. The van der Waals surface area contributed by atoms with Crippen molar-refractivity contribution in [2.75, 3.05) is 33.0 Å². The Balaban J connectivity index is 1.56. The van der Waals surface area contributed by atoms with Crippen LogP contribution in [0.1, 0.15) is 38.7 Å². The Bertz CT molecular complexity index is 602. The first-order chi connectivity index (χ1) is 12.6. The molecule has 0 saturated carbocycles. The Hall–Kier alpha value is -2.28. The molecule has 3 N–H and O–H groups in total. The number of hydrogen-bond donors (Lipinski definition) is 3. The molecule has 1 aromatic rings. The average molecular weight is 364 g/mol. The van der Waals surface area contributed by atoms with Crippen LogP contribution in [0.15, 0.2) is 18.2 Å². The van der Waals surface area contributed by atoms with Crippen molar-refractivity contribution in [1.29, 1.82) is 0 Å². The van der Waals surface area contributed by atoms with E-state index in [9.17, 15) is 9.59 Å². The van der Waals surface area contributed by atoms with Gasteiger partial charge in [0.1, 0.15) is 0 Å². The van der Waals surface area contributed by atoms with Gasteiger partial charge in [-0.2, -0.15) is 0 Å². The van der Waals surface area contributed by atoms with Crippen LogP contribution in [0.25, 0.3) is 0 Å². The van der Waals surface area contributed by atoms with Gasteiger partial charge >= 0.3 is 0 Å². The summed E-state index contributed by atoms with van der Waals surface area (Å²) in [5, 5.41) is 5.79. The standard InChI is InChI=1S/C19H29N3O4/c1-3-22(4-2)11-10-20-18(23)6-5-7-19(24)21-13-15-8-9-16-17(12-15)26-14-25-16/h8-9,12H,3-7,10-11,13-14H2,1-2H3,(H,20,23)(H,21,24)/p+1. The molecule has 0 aromatic heterocycles. The lowest BCUT2D eigenvalue weighted by atomic mass is 10.2. The lowest BCUT2D eigenvalue weighted by Gasteiger charge is -2.15. The number of carbonyl (C=O) groups is 2. The minimum absolute atomic E-state index is 0.0140. The highest BCUT2D eigenvalue weighted by molar-refractivity contribution is 5.78. The Kier molecular flexibility index (Phi) is 8.21. The average Bonchev–Trinajstić information content (AvgIpc) is 3.11. The molecule has 1 aliphatic heterocycles. The van der Waals surface area contributed by atoms with Gasteiger partial charge in [0.2, 0.25) is 18.6 Å². The first-order valence-electron chi connectivity index (χ1n) is 9.37. The zero-order chi connectivity index (χ0) is 18.8. The number of quaternary nitrogens is 1. The van der Waals surface area contributed by atoms with Gasteiger partial charge in [-0.3, -0.25) is 9.59 Å². The lowest BCUT2D eigenvalue weighted by molar-refractivity contribution is -0.895. The third kappa shape index (κ3) is 6.55. The summed E-state index contributed by atoms with van der Waals surface area (Å²) < 4.78 is 10.6. The highest BCUT2D eigenvalue weighted by Crippen LogP contribution is 2.32. The topological polar surface area (TPSA) is 81.1 Å². The van der Waals surface area contributed by atoms with Gasteiger partial charge < -0.3 is 25.0 Å². The van der Waals surface area contributed by atoms with Gasteiger partial charge in [-0.25, -0.2) is 0 Å². The summed E-state index contributed by atoms with van der Waals surface area (Å²) in [4.78, 5) is 25.2. The van der Waals surface area contributed by atoms with Gasteiger partial charge in [-0.15, -0.1) is 0 Å². The fraction of sp³-hybridized carbons (Fsp3) is 0.579. The van der Waals surface area contributed by atoms with Gasteiger partial charge in [0.15, 0.2) is 11.5 Å². The van der Waals surface area contributed by atoms with Crippen LogP contribution in [0.5, 0.6) is 11.5 Å². The second kappa shape index (κ2) is 10.7. The minimum atomic E-state index is -0.0527. The molecule has 0 fully saturated rings. The number of carbonyl (C=O) groups excluding carboxylic acids is 2. The largest absolute Gasteiger partial charge is 0.454 e. The molecule has 0 atom stereocenters. The molecule has 1 heterocycles. The molecule has 0 saturated heterocycles. The lowest BCUT2D eigenvalue weighted by Crippen LogP contribution is -3.12. The summed E-state index contributed by atoms with van der Waals surface area (Å²) in [5.74, 6) is 1.40. The molecule has 26 heavy (non-hydrogen) atoms. The predicted molar refractivity (Wildman–Crippen MR) is 98.2 cm³/mol. The van der Waals surface area contributed by atoms with E-state index in [4.69, 9.17) is 9.47 Å². The molecule has 0 spiro atoms. The second-order valence-corrected chi connectivity index (χ2v) is 6.37. The number of amides is 2. The van der Waals surface area contributed by atoms with Crippen molar-refractivity contribution in [3.8, 4) is 11.5 Å². The van der Waals surface area contributed by atoms with Crippen LogP contribution in [-0.4, -0.2) is 44.8 Å². The molecule has 1 aromatic carbocycles. The van der Waals surface area contributed by atoms with Crippen molar-refractivity contribution < 1.29 is 24.0 Å². The normalized spacial score (nSPS) is 12.3. The molecule has 0 bridgehead atoms. The number of ether oxygens (including phenoxy) is 2. The molecule has 144 valence electrons. The number of nitrogens with one attached hydrogen (secondary N) is 3. The summed E-state index contributed by atoms with van der Waals surface area (Å²) in [5.41, 5.74) is 0.958. The first-order valence-corrected chi connectivity index (χ1v) is 9.37. The summed E-state index contributed by atoms with van der Waals surface area (Å²) in [6.07, 6.45) is 1.28. The van der Waals surface area contributed by atoms with E-state index in [1.54, 1.807) is 0 Å². The summed E-state index contributed by atoms with van der Waals surface area (Å²) in [7, 11) is 0. The van der Waals surface area contributed by atoms with E-state index < -0.39 is 0 Å². The maximum Gasteiger partial charge on any atom is 0.231 e. The van der Waals surface area contributed by atoms with Gasteiger partial charge in [0.05, 0.1) is 26.2 Å². The summed E-state index contributed by atoms with van der Waals surface area (Å²) in [6, 6.07) is 5.61. The Morgan fingerprint density at radius 2 is 1.73 bits per heavy atom. The van der Waals surface area contributed by atoms with E-state index in [1.165, 1.54) is 4.90 Å². The number of fused-ring (bicyclic) bond motifs is 1. The Morgan fingerprint density at radius 3 is 2.46 bits per heavy atom. The van der Waals surface area contributed by atoms with Crippen LogP contribution in [-0.2, 0) is 16.1 Å². The van der Waals surface area contributed by atoms with Gasteiger partial charge in [-0.1, -0.05) is 6.07 Å². The Labute approximate surface area is 155 Å². The molecule has 1 aliphatic rings. The highest BCUT2D eigenvalue weighted by Gasteiger charge is 2.13. The fourth-order valence-electron chi connectivity index (χ4n) is 2.82. The van der Waals surface area contributed by atoms with Crippen LogP contribution in [0.3, 0.4) is 0 Å². The minimum Gasteiger partial charge on any atom is -0.454 e. The monoisotopic (exact) mass is 364 g/mol. The number of rotatable bonds is 11. The van der Waals surface area contributed by atoms with E-state index in [1.807, 2.05) is 18.2 Å². The van der Waals surface area contributed by atoms with Crippen LogP contribution in [0, 0.1) is 0 Å². The molecule has 0 radical (unpaired) electrons. The fourth-order valence-corrected chi connectivity index (χ4v) is 2.82. The van der Waals surface area contributed by atoms with E-state index >= 15 is 0 Å². The number of likely N-dealkylation sites (N-methyl/N-ethyl adjacent to an activating group) is 1. The maximum atomic E-state index is 11.9. The zero-order valence-electron chi connectivity index (χ0n) is 15.7. The maximum absolute atomic E-state index is 11.9. The van der Waals surface area contributed by atoms with Gasteiger partial charge in [-0.05, 0) is 38.0 Å². The molecule has 0 unspecified atom stereocenters. The Morgan fingerprint density at radius 1 is 1.04 bits per heavy atom. The first kappa shape index (κ1) is 20.0. The van der Waals surface area contributed by atoms with Crippen LogP contribution >= 0.6 is 0 Å². The number of hydrogen-bond acceptors (Lipinski definition) is 4. The van der Waals surface area contributed by atoms with E-state index in [2.05, 4.69) is 24.5 Å². The van der Waals surface area contributed by atoms with E-state index in [0.717, 1.165) is 30.9 Å². The number of benzene rings is 1. The van der Waals surface area contributed by atoms with Crippen LogP contribution in [0.4, 0.5) is 0 Å². The summed E-state index contributed by atoms with van der Waals surface area (Å²) >= 11 is 0. The van der Waals surface area contributed by atoms with Crippen LogP contribution in [0.2, 0.25) is 0 Å². The SMILES string of the molecule is CC[NH+](CC)CCNC(=O)CCCC(=O)NCc1ccc2c(c1)OCO2. The third-order valence-electron chi connectivity index (χ3n) is 4.54. The molecule has 2 amide bonds. The van der Waals surface area contributed by atoms with E-state index in [-0.39, 0.29) is 18.6 Å². The van der Waals surface area contributed by atoms with Gasteiger partial charge in [0.25, 0.3) is 0 Å². The van der Waals surface area contributed by atoms with Crippen LogP contribution < -0.4 is 25.0 Å². The molecule has 2 rings (SSSR count). The van der Waals surface area contributed by atoms with Crippen molar-refractivity contribution in [2.24, 2.45) is 0 Å². The van der Waals surface area contributed by atoms with Crippen molar-refractivity contribution in [3.05, 3.63) is 23.8 Å². The second-order valence-electron chi connectivity index (χ2n) is 6.37. The smallest absolute Gasteiger partial charge is 0.231 e. The van der Waals surface area contributed by atoms with Gasteiger partial charge in [0, 0.05) is 19.4 Å². The quantitative estimate of drug-likeness (QED) is 0.526. The van der Waals surface area contributed by atoms with Crippen molar-refractivity contribution in [1.82, 2.24) is 10.6 Å². The zero-order valence-corrected chi connectivity index (χ0v) is 15.7. The van der Waals surface area contributed by atoms with Crippen molar-refractivity contribution >= 4 is 11.8 Å². The third-order valence-corrected chi connectivity index (χ3v) is 4.54. The van der Waals surface area contributed by atoms with Crippen molar-refractivity contribution in [3.63, 3.8) is 0 Å². The summed E-state index contributed by atoms with van der Waals surface area (Å²) in [6.45, 7) is 8.72. The predicted octanol–water partition coefficient (Wildman–Crippen LogP) is 0.243. The molecular formula is C19H30N3O4+. The molecular weight excluding hydrogens is 334 g/mol. The molecule has 0 aliphatic carbocycles. The molecule has 7 heteroatoms. The van der Waals surface area contributed by atoms with Crippen molar-refractivity contribution in [2.45, 2.75) is 39.7 Å².